The molecule has 0 bridgehead atoms. The van der Waals surface area contributed by atoms with E-state index in [9.17, 15) is 4.39 Å². The van der Waals surface area contributed by atoms with Crippen molar-refractivity contribution in [2.24, 2.45) is 0 Å². The van der Waals surface area contributed by atoms with Crippen LogP contribution in [0.4, 0.5) is 22.2 Å². The maximum absolute atomic E-state index is 13.6. The van der Waals surface area contributed by atoms with E-state index in [1.807, 2.05) is 14.1 Å². The van der Waals surface area contributed by atoms with Crippen LogP contribution in [-0.2, 0) is 6.54 Å². The number of anilines is 3. The van der Waals surface area contributed by atoms with Gasteiger partial charge in [0.1, 0.15) is 5.82 Å². The van der Waals surface area contributed by atoms with Crippen molar-refractivity contribution in [2.45, 2.75) is 6.54 Å². The van der Waals surface area contributed by atoms with Crippen LogP contribution in [0.25, 0.3) is 0 Å². The summed E-state index contributed by atoms with van der Waals surface area (Å²) in [7, 11) is 5.41. The third kappa shape index (κ3) is 3.11. The molecule has 106 valence electrons. The van der Waals surface area contributed by atoms with Gasteiger partial charge in [-0.2, -0.15) is 15.0 Å². The highest BCUT2D eigenvalue weighted by molar-refractivity contribution is 5.42. The zero-order chi connectivity index (χ0) is 14.7. The lowest BCUT2D eigenvalue weighted by Crippen LogP contribution is -2.23. The summed E-state index contributed by atoms with van der Waals surface area (Å²) in [4.78, 5) is 15.8. The molecule has 1 heterocycles. The Kier molecular flexibility index (Phi) is 3.97. The Labute approximate surface area is 117 Å². The van der Waals surface area contributed by atoms with Crippen molar-refractivity contribution in [1.29, 1.82) is 0 Å². The molecule has 1 aromatic carbocycles. The molecule has 0 saturated carbocycles. The Morgan fingerprint density at radius 3 is 2.35 bits per heavy atom. The summed E-state index contributed by atoms with van der Waals surface area (Å²) >= 11 is 0. The average molecular weight is 276 g/mol. The van der Waals surface area contributed by atoms with Crippen molar-refractivity contribution in [1.82, 2.24) is 15.0 Å². The summed E-state index contributed by atoms with van der Waals surface area (Å²) in [5, 5.41) is 0. The average Bonchev–Trinajstić information content (AvgIpc) is 2.40. The van der Waals surface area contributed by atoms with Gasteiger partial charge < -0.3 is 15.5 Å². The first kappa shape index (κ1) is 14.0. The Morgan fingerprint density at radius 1 is 1.05 bits per heavy atom. The highest BCUT2D eigenvalue weighted by atomic mass is 19.1. The Hall–Kier alpha value is -2.44. The molecule has 0 unspecified atom stereocenters. The van der Waals surface area contributed by atoms with Crippen molar-refractivity contribution in [3.8, 4) is 0 Å². The molecule has 0 fully saturated rings. The molecule has 0 aliphatic rings. The molecule has 0 saturated heterocycles. The molecule has 0 spiro atoms. The van der Waals surface area contributed by atoms with Crippen molar-refractivity contribution in [3.63, 3.8) is 0 Å². The summed E-state index contributed by atoms with van der Waals surface area (Å²) in [6, 6.07) is 6.60. The van der Waals surface area contributed by atoms with E-state index in [0.717, 1.165) is 0 Å². The summed E-state index contributed by atoms with van der Waals surface area (Å²) in [5.74, 6) is 0.755. The van der Waals surface area contributed by atoms with E-state index in [0.29, 0.717) is 24.0 Å². The van der Waals surface area contributed by atoms with E-state index in [2.05, 4.69) is 15.0 Å². The van der Waals surface area contributed by atoms with E-state index in [1.54, 1.807) is 35.0 Å². The van der Waals surface area contributed by atoms with E-state index in [-0.39, 0.29) is 11.8 Å². The highest BCUT2D eigenvalue weighted by Crippen LogP contribution is 2.16. The Morgan fingerprint density at radius 2 is 1.70 bits per heavy atom. The van der Waals surface area contributed by atoms with Crippen LogP contribution in [0.1, 0.15) is 5.56 Å². The molecule has 0 radical (unpaired) electrons. The molecule has 2 aromatic rings. The smallest absolute Gasteiger partial charge is 0.231 e. The van der Waals surface area contributed by atoms with Gasteiger partial charge >= 0.3 is 0 Å². The number of nitrogen functional groups attached to an aromatic ring is 1. The number of hydrogen-bond acceptors (Lipinski definition) is 6. The van der Waals surface area contributed by atoms with Crippen molar-refractivity contribution in [3.05, 3.63) is 35.6 Å². The maximum atomic E-state index is 13.6. The van der Waals surface area contributed by atoms with Gasteiger partial charge in [-0.15, -0.1) is 0 Å². The van der Waals surface area contributed by atoms with Gasteiger partial charge in [-0.05, 0) is 6.07 Å². The van der Waals surface area contributed by atoms with Crippen molar-refractivity contribution < 1.29 is 4.39 Å². The van der Waals surface area contributed by atoms with E-state index >= 15 is 0 Å². The largest absolute Gasteiger partial charge is 0.368 e. The van der Waals surface area contributed by atoms with Crippen LogP contribution in [0, 0.1) is 5.82 Å². The topological polar surface area (TPSA) is 71.2 Å². The van der Waals surface area contributed by atoms with Crippen LogP contribution in [0.5, 0.6) is 0 Å². The number of aromatic nitrogens is 3. The Balaban J connectivity index is 2.25. The van der Waals surface area contributed by atoms with Crippen LogP contribution in [0.15, 0.2) is 24.3 Å². The lowest BCUT2D eigenvalue weighted by atomic mass is 10.2. The van der Waals surface area contributed by atoms with Crippen LogP contribution >= 0.6 is 0 Å². The molecule has 2 rings (SSSR count). The molecular weight excluding hydrogens is 259 g/mol. The zero-order valence-corrected chi connectivity index (χ0v) is 11.7. The number of nitrogens with two attached hydrogens (primary N) is 1. The van der Waals surface area contributed by atoms with Crippen LogP contribution < -0.4 is 15.5 Å². The van der Waals surface area contributed by atoms with Gasteiger partial charge in [0.05, 0.1) is 0 Å². The first-order valence-electron chi connectivity index (χ1n) is 6.11. The minimum absolute atomic E-state index is 0.138. The van der Waals surface area contributed by atoms with E-state index in [4.69, 9.17) is 5.73 Å². The van der Waals surface area contributed by atoms with Gasteiger partial charge in [-0.25, -0.2) is 4.39 Å². The van der Waals surface area contributed by atoms with Crippen molar-refractivity contribution in [2.75, 3.05) is 36.7 Å². The molecule has 0 aliphatic heterocycles. The number of benzene rings is 1. The predicted molar refractivity (Wildman–Crippen MR) is 77.1 cm³/mol. The fraction of sp³-hybridized carbons (Fsp3) is 0.308. The normalized spacial score (nSPS) is 10.4. The number of hydrogen-bond donors (Lipinski definition) is 1. The van der Waals surface area contributed by atoms with Crippen LogP contribution in [0.2, 0.25) is 0 Å². The molecular formula is C13H17FN6. The van der Waals surface area contributed by atoms with Gasteiger partial charge in [-0.3, -0.25) is 0 Å². The second kappa shape index (κ2) is 5.68. The summed E-state index contributed by atoms with van der Waals surface area (Å²) in [6.07, 6.45) is 0. The molecule has 0 aliphatic carbocycles. The van der Waals surface area contributed by atoms with Gasteiger partial charge in [0, 0.05) is 33.3 Å². The van der Waals surface area contributed by atoms with Gasteiger partial charge in [0.2, 0.25) is 17.8 Å². The first-order chi connectivity index (χ1) is 9.47. The fourth-order valence-electron chi connectivity index (χ4n) is 1.69. The third-order valence-electron chi connectivity index (χ3n) is 2.74. The fourth-order valence-corrected chi connectivity index (χ4v) is 1.69. The molecule has 0 atom stereocenters. The molecule has 2 N–H and O–H groups in total. The standard InChI is InChI=1S/C13H17FN6/c1-19(2)12-16-11(15)17-13(18-12)20(3)8-9-6-4-5-7-10(9)14/h4-7H,8H2,1-3H3,(H2,15,16,17,18). The summed E-state index contributed by atoms with van der Waals surface area (Å²) < 4.78 is 13.6. The van der Waals surface area contributed by atoms with Crippen LogP contribution in [0.3, 0.4) is 0 Å². The lowest BCUT2D eigenvalue weighted by Gasteiger charge is -2.19. The molecule has 7 heteroatoms. The first-order valence-corrected chi connectivity index (χ1v) is 6.11. The van der Waals surface area contributed by atoms with Gasteiger partial charge in [0.25, 0.3) is 0 Å². The summed E-state index contributed by atoms with van der Waals surface area (Å²) in [6.45, 7) is 0.350. The van der Waals surface area contributed by atoms with Crippen molar-refractivity contribution >= 4 is 17.8 Å². The second-order valence-electron chi connectivity index (χ2n) is 4.64. The van der Waals surface area contributed by atoms with Gasteiger partial charge in [0.15, 0.2) is 0 Å². The van der Waals surface area contributed by atoms with Crippen LogP contribution in [-0.4, -0.2) is 36.1 Å². The molecule has 20 heavy (non-hydrogen) atoms. The summed E-state index contributed by atoms with van der Waals surface area (Å²) in [5.41, 5.74) is 6.24. The second-order valence-corrected chi connectivity index (χ2v) is 4.64. The van der Waals surface area contributed by atoms with E-state index < -0.39 is 0 Å². The molecule has 1 aromatic heterocycles. The zero-order valence-electron chi connectivity index (χ0n) is 11.7. The lowest BCUT2D eigenvalue weighted by molar-refractivity contribution is 0.607. The monoisotopic (exact) mass is 276 g/mol. The quantitative estimate of drug-likeness (QED) is 0.907. The predicted octanol–water partition coefficient (Wildman–Crippen LogP) is 1.30. The maximum Gasteiger partial charge on any atom is 0.231 e. The number of rotatable bonds is 4. The molecule has 0 amide bonds. The highest BCUT2D eigenvalue weighted by Gasteiger charge is 2.12. The number of halogens is 1. The SMILES string of the molecule is CN(C)c1nc(N)nc(N(C)Cc2ccccc2F)n1. The Bertz CT molecular complexity index is 601. The minimum atomic E-state index is -0.255. The van der Waals surface area contributed by atoms with Gasteiger partial charge in [-0.1, -0.05) is 18.2 Å². The number of nitrogens with zero attached hydrogens (tertiary/aromatic N) is 5. The molecule has 6 nitrogen and oxygen atoms in total. The van der Waals surface area contributed by atoms with E-state index in [1.165, 1.54) is 6.07 Å². The minimum Gasteiger partial charge on any atom is -0.368 e. The third-order valence-corrected chi connectivity index (χ3v) is 2.74.